The van der Waals surface area contributed by atoms with Crippen molar-refractivity contribution >= 4 is 27.9 Å². The van der Waals surface area contributed by atoms with Crippen molar-refractivity contribution in [2.75, 3.05) is 0 Å². The third-order valence-electron chi connectivity index (χ3n) is 3.47. The Hall–Kier alpha value is -1.80. The van der Waals surface area contributed by atoms with Crippen LogP contribution in [0.3, 0.4) is 0 Å². The molecule has 0 atom stereocenters. The second-order valence-electron chi connectivity index (χ2n) is 4.83. The molecule has 0 spiro atoms. The Balaban J connectivity index is 2.05. The zero-order valence-electron chi connectivity index (χ0n) is 11.8. The van der Waals surface area contributed by atoms with Gasteiger partial charge in [-0.05, 0) is 59.7 Å². The summed E-state index contributed by atoms with van der Waals surface area (Å²) in [5.74, 6) is 1.01. The lowest BCUT2D eigenvalue weighted by atomic mass is 10.1. The highest BCUT2D eigenvalue weighted by molar-refractivity contribution is 7.13. The first-order valence-corrected chi connectivity index (χ1v) is 7.96. The van der Waals surface area contributed by atoms with Gasteiger partial charge in [-0.25, -0.2) is 0 Å². The van der Waals surface area contributed by atoms with Gasteiger partial charge in [0.15, 0.2) is 0 Å². The number of rotatable bonds is 4. The van der Waals surface area contributed by atoms with E-state index in [1.807, 2.05) is 0 Å². The van der Waals surface area contributed by atoms with Crippen molar-refractivity contribution in [3.63, 3.8) is 0 Å². The number of fused-ring (bicyclic) bond motifs is 1. The van der Waals surface area contributed by atoms with E-state index in [-0.39, 0.29) is 0 Å². The highest BCUT2D eigenvalue weighted by Crippen LogP contribution is 2.31. The average molecular weight is 282 g/mol. The van der Waals surface area contributed by atoms with E-state index in [0.717, 1.165) is 24.2 Å². The maximum absolute atomic E-state index is 5.98. The number of hydrogen-bond acceptors (Lipinski definition) is 2. The molecular weight excluding hydrogens is 264 g/mol. The molecule has 0 saturated heterocycles. The summed E-state index contributed by atoms with van der Waals surface area (Å²) in [6, 6.07) is 12.8. The van der Waals surface area contributed by atoms with Gasteiger partial charge in [-0.1, -0.05) is 26.0 Å². The maximum Gasteiger partial charge on any atom is 0.134 e. The van der Waals surface area contributed by atoms with Crippen LogP contribution in [0.1, 0.15) is 32.4 Å². The van der Waals surface area contributed by atoms with Crippen LogP contribution in [0, 0.1) is 0 Å². The maximum atomic E-state index is 5.98. The fourth-order valence-electron chi connectivity index (χ4n) is 2.46. The number of benzene rings is 1. The summed E-state index contributed by atoms with van der Waals surface area (Å²) in [5.41, 5.74) is 3.52. The van der Waals surface area contributed by atoms with Crippen LogP contribution in [-0.4, -0.2) is 0 Å². The van der Waals surface area contributed by atoms with Gasteiger partial charge >= 0.3 is 0 Å². The molecule has 2 heteroatoms. The van der Waals surface area contributed by atoms with E-state index in [9.17, 15) is 0 Å². The Kier molecular flexibility index (Phi) is 3.75. The van der Waals surface area contributed by atoms with E-state index >= 15 is 0 Å². The predicted molar refractivity (Wildman–Crippen MR) is 88.1 cm³/mol. The fraction of sp³-hybridized carbons (Fsp3) is 0.222. The quantitative estimate of drug-likeness (QED) is 0.542. The lowest BCUT2D eigenvalue weighted by Gasteiger charge is -1.98. The Labute approximate surface area is 123 Å². The molecule has 2 heterocycles. The lowest BCUT2D eigenvalue weighted by Crippen LogP contribution is -1.77. The lowest BCUT2D eigenvalue weighted by molar-refractivity contribution is 0.596. The molecule has 0 radical (unpaired) electrons. The Bertz CT molecular complexity index is 732. The first kappa shape index (κ1) is 13.2. The van der Waals surface area contributed by atoms with E-state index in [0.29, 0.717) is 0 Å². The summed E-state index contributed by atoms with van der Waals surface area (Å²) in [4.78, 5) is 1.30. The molecule has 0 aliphatic carbocycles. The summed E-state index contributed by atoms with van der Waals surface area (Å²) in [6.07, 6.45) is 4.30. The summed E-state index contributed by atoms with van der Waals surface area (Å²) >= 11 is 1.77. The van der Waals surface area contributed by atoms with Crippen LogP contribution in [0.15, 0.2) is 52.3 Å². The number of furan rings is 1. The van der Waals surface area contributed by atoms with Gasteiger partial charge in [0.25, 0.3) is 0 Å². The SMILES string of the molecule is CC/C=C(\CC)c1cc2cc(-c3cccs3)ccc2o1. The minimum Gasteiger partial charge on any atom is -0.456 e. The molecule has 1 nitrogen and oxygen atoms in total. The predicted octanol–water partition coefficient (Wildman–Crippen LogP) is 6.36. The van der Waals surface area contributed by atoms with Gasteiger partial charge in [-0.15, -0.1) is 11.3 Å². The Morgan fingerprint density at radius 1 is 1.20 bits per heavy atom. The van der Waals surface area contributed by atoms with Gasteiger partial charge in [0.1, 0.15) is 11.3 Å². The second kappa shape index (κ2) is 5.68. The van der Waals surface area contributed by atoms with Crippen molar-refractivity contribution in [2.24, 2.45) is 0 Å². The summed E-state index contributed by atoms with van der Waals surface area (Å²) in [7, 11) is 0. The van der Waals surface area contributed by atoms with Gasteiger partial charge in [-0.2, -0.15) is 0 Å². The Morgan fingerprint density at radius 2 is 2.10 bits per heavy atom. The first-order valence-electron chi connectivity index (χ1n) is 7.08. The molecule has 0 amide bonds. The summed E-state index contributed by atoms with van der Waals surface area (Å²) in [5, 5.41) is 3.29. The molecule has 3 aromatic rings. The molecule has 3 rings (SSSR count). The molecule has 0 saturated carbocycles. The number of hydrogen-bond donors (Lipinski definition) is 0. The van der Waals surface area contributed by atoms with Crippen molar-refractivity contribution in [2.45, 2.75) is 26.7 Å². The standard InChI is InChI=1S/C18H18OS/c1-3-6-13(4-2)17-12-15-11-14(8-9-16(15)19-17)18-7-5-10-20-18/h5-12H,3-4H2,1-2H3/b13-6+. The van der Waals surface area contributed by atoms with Gasteiger partial charge in [0.05, 0.1) is 0 Å². The highest BCUT2D eigenvalue weighted by atomic mass is 32.1. The molecule has 0 N–H and O–H groups in total. The van der Waals surface area contributed by atoms with Crippen LogP contribution in [0.4, 0.5) is 0 Å². The molecule has 0 fully saturated rings. The minimum absolute atomic E-state index is 0.968. The molecule has 0 unspecified atom stereocenters. The van der Waals surface area contributed by atoms with Crippen molar-refractivity contribution < 1.29 is 4.42 Å². The first-order chi connectivity index (χ1) is 9.81. The van der Waals surface area contributed by atoms with Crippen molar-refractivity contribution in [1.82, 2.24) is 0 Å². The molecule has 1 aromatic carbocycles. The van der Waals surface area contributed by atoms with E-state index in [1.54, 1.807) is 11.3 Å². The number of allylic oxidation sites excluding steroid dienone is 2. The molecule has 0 bridgehead atoms. The average Bonchev–Trinajstić information content (AvgIpc) is 3.12. The van der Waals surface area contributed by atoms with Crippen molar-refractivity contribution in [3.05, 3.63) is 53.6 Å². The summed E-state index contributed by atoms with van der Waals surface area (Å²) < 4.78 is 5.98. The molecule has 0 aliphatic rings. The van der Waals surface area contributed by atoms with E-state index in [4.69, 9.17) is 4.42 Å². The summed E-state index contributed by atoms with van der Waals surface area (Å²) in [6.45, 7) is 4.33. The molecule has 102 valence electrons. The minimum atomic E-state index is 0.968. The molecule has 20 heavy (non-hydrogen) atoms. The Morgan fingerprint density at radius 3 is 2.80 bits per heavy atom. The highest BCUT2D eigenvalue weighted by Gasteiger charge is 2.08. The van der Waals surface area contributed by atoms with Crippen LogP contribution >= 0.6 is 11.3 Å². The van der Waals surface area contributed by atoms with Gasteiger partial charge in [-0.3, -0.25) is 0 Å². The van der Waals surface area contributed by atoms with Crippen LogP contribution in [0.2, 0.25) is 0 Å². The van der Waals surface area contributed by atoms with Crippen LogP contribution < -0.4 is 0 Å². The largest absolute Gasteiger partial charge is 0.456 e. The van der Waals surface area contributed by atoms with Crippen molar-refractivity contribution in [3.8, 4) is 10.4 Å². The van der Waals surface area contributed by atoms with Gasteiger partial charge < -0.3 is 4.42 Å². The molecule has 2 aromatic heterocycles. The topological polar surface area (TPSA) is 13.1 Å². The second-order valence-corrected chi connectivity index (χ2v) is 5.78. The number of thiophene rings is 1. The normalized spacial score (nSPS) is 12.2. The van der Waals surface area contributed by atoms with E-state index in [1.165, 1.54) is 21.4 Å². The third kappa shape index (κ3) is 2.44. The fourth-order valence-corrected chi connectivity index (χ4v) is 3.19. The molecule has 0 aliphatic heterocycles. The molecular formula is C18H18OS. The van der Waals surface area contributed by atoms with Crippen LogP contribution in [0.5, 0.6) is 0 Å². The van der Waals surface area contributed by atoms with Crippen molar-refractivity contribution in [1.29, 1.82) is 0 Å². The van der Waals surface area contributed by atoms with E-state index < -0.39 is 0 Å². The third-order valence-corrected chi connectivity index (χ3v) is 4.39. The smallest absolute Gasteiger partial charge is 0.134 e. The van der Waals surface area contributed by atoms with Gasteiger partial charge in [0.2, 0.25) is 0 Å². The monoisotopic (exact) mass is 282 g/mol. The van der Waals surface area contributed by atoms with Crippen LogP contribution in [0.25, 0.3) is 27.0 Å². The van der Waals surface area contributed by atoms with Crippen LogP contribution in [-0.2, 0) is 0 Å². The van der Waals surface area contributed by atoms with E-state index in [2.05, 4.69) is 61.7 Å². The van der Waals surface area contributed by atoms with Gasteiger partial charge in [0, 0.05) is 10.3 Å². The zero-order chi connectivity index (χ0) is 13.9. The zero-order valence-corrected chi connectivity index (χ0v) is 12.7.